The summed E-state index contributed by atoms with van der Waals surface area (Å²) in [6.45, 7) is -0.231. The fraction of sp³-hybridized carbons (Fsp3) is 0.120. The monoisotopic (exact) mass is 513 g/mol. The Morgan fingerprint density at radius 1 is 0.943 bits per heavy atom. The summed E-state index contributed by atoms with van der Waals surface area (Å²) in [5.74, 6) is -0.723. The van der Waals surface area contributed by atoms with Gasteiger partial charge in [-0.25, -0.2) is 18.2 Å². The molecule has 0 saturated carbocycles. The van der Waals surface area contributed by atoms with Gasteiger partial charge in [0, 0.05) is 31.2 Å². The Morgan fingerprint density at radius 3 is 2.31 bits per heavy atom. The second kappa shape index (κ2) is 11.7. The zero-order valence-electron chi connectivity index (χ0n) is 18.6. The van der Waals surface area contributed by atoms with Gasteiger partial charge in [0.1, 0.15) is 5.75 Å². The zero-order valence-corrected chi connectivity index (χ0v) is 20.2. The number of rotatable bonds is 10. The lowest BCUT2D eigenvalue weighted by Crippen LogP contribution is -2.30. The molecule has 3 aromatic carbocycles. The van der Waals surface area contributed by atoms with Gasteiger partial charge in [-0.2, -0.15) is 4.31 Å². The van der Waals surface area contributed by atoms with Crippen LogP contribution in [0.5, 0.6) is 5.75 Å². The van der Waals surface area contributed by atoms with Crippen molar-refractivity contribution in [1.29, 1.82) is 0 Å². The summed E-state index contributed by atoms with van der Waals surface area (Å²) in [5, 5.41) is 8.85. The Kier molecular flexibility index (Phi) is 8.64. The lowest BCUT2D eigenvalue weighted by Gasteiger charge is -2.23. The SMILES string of the molecule is Cl.O=C(O)COc1cccc(CN(Cc2ccc(-n3ccnc3)cc2)S(=O)(=O)c2ccccc2)c1. The molecular weight excluding hydrogens is 490 g/mol. The van der Waals surface area contributed by atoms with Gasteiger partial charge in [0.25, 0.3) is 0 Å². The summed E-state index contributed by atoms with van der Waals surface area (Å²) in [4.78, 5) is 15.1. The molecule has 0 saturated heterocycles. The van der Waals surface area contributed by atoms with Gasteiger partial charge in [0.2, 0.25) is 10.0 Å². The van der Waals surface area contributed by atoms with Gasteiger partial charge < -0.3 is 14.4 Å². The molecule has 182 valence electrons. The van der Waals surface area contributed by atoms with E-state index in [0.717, 1.165) is 11.3 Å². The average Bonchev–Trinajstić information content (AvgIpc) is 3.39. The molecule has 4 aromatic rings. The average molecular weight is 514 g/mol. The number of carboxylic acid groups (broad SMARTS) is 1. The van der Waals surface area contributed by atoms with Crippen molar-refractivity contribution in [3.05, 3.63) is 109 Å². The van der Waals surface area contributed by atoms with Crippen molar-refractivity contribution in [3.8, 4) is 11.4 Å². The molecule has 0 aliphatic heterocycles. The third-order valence-electron chi connectivity index (χ3n) is 5.10. The van der Waals surface area contributed by atoms with E-state index in [1.54, 1.807) is 67.1 Å². The van der Waals surface area contributed by atoms with Gasteiger partial charge in [-0.1, -0.05) is 42.5 Å². The van der Waals surface area contributed by atoms with Gasteiger partial charge in [-0.3, -0.25) is 0 Å². The highest BCUT2D eigenvalue weighted by Gasteiger charge is 2.25. The minimum atomic E-state index is -3.81. The predicted octanol–water partition coefficient (Wildman–Crippen LogP) is 4.15. The lowest BCUT2D eigenvalue weighted by molar-refractivity contribution is -0.139. The number of imidazole rings is 1. The van der Waals surface area contributed by atoms with Crippen LogP contribution in [0.15, 0.2) is 102 Å². The van der Waals surface area contributed by atoms with Crippen LogP contribution in [0.4, 0.5) is 0 Å². The molecule has 1 aromatic heterocycles. The molecule has 0 bridgehead atoms. The van der Waals surface area contributed by atoms with Crippen molar-refractivity contribution >= 4 is 28.4 Å². The van der Waals surface area contributed by atoms with E-state index in [9.17, 15) is 13.2 Å². The molecule has 0 fully saturated rings. The van der Waals surface area contributed by atoms with Gasteiger partial charge in [0.05, 0.1) is 11.2 Å². The number of benzene rings is 3. The first-order valence-electron chi connectivity index (χ1n) is 10.5. The molecule has 1 heterocycles. The number of carbonyl (C=O) groups is 1. The fourth-order valence-corrected chi connectivity index (χ4v) is 4.88. The highest BCUT2D eigenvalue weighted by atomic mass is 35.5. The first-order valence-corrected chi connectivity index (χ1v) is 11.9. The predicted molar refractivity (Wildman–Crippen MR) is 133 cm³/mol. The van der Waals surface area contributed by atoms with Crippen LogP contribution in [0.3, 0.4) is 0 Å². The van der Waals surface area contributed by atoms with E-state index in [4.69, 9.17) is 9.84 Å². The Morgan fingerprint density at radius 2 is 1.66 bits per heavy atom. The number of ether oxygens (including phenoxy) is 1. The molecule has 1 N–H and O–H groups in total. The maximum Gasteiger partial charge on any atom is 0.341 e. The quantitative estimate of drug-likeness (QED) is 0.342. The van der Waals surface area contributed by atoms with E-state index in [1.165, 1.54) is 4.31 Å². The van der Waals surface area contributed by atoms with Gasteiger partial charge in [0.15, 0.2) is 6.61 Å². The molecule has 8 nitrogen and oxygen atoms in total. The summed E-state index contributed by atoms with van der Waals surface area (Å²) in [7, 11) is -3.81. The van der Waals surface area contributed by atoms with Crippen LogP contribution < -0.4 is 4.74 Å². The van der Waals surface area contributed by atoms with Gasteiger partial charge in [-0.05, 0) is 47.5 Å². The third-order valence-corrected chi connectivity index (χ3v) is 6.90. The fourth-order valence-electron chi connectivity index (χ4n) is 3.44. The Bertz CT molecular complexity index is 1350. The first kappa shape index (κ1) is 26.0. The van der Waals surface area contributed by atoms with E-state index < -0.39 is 22.6 Å². The summed E-state index contributed by atoms with van der Waals surface area (Å²) < 4.78 is 35.5. The molecule has 0 spiro atoms. The Labute approximate surface area is 209 Å². The first-order chi connectivity index (χ1) is 16.4. The standard InChI is InChI=1S/C25H23N3O5S.ClH/c29-25(30)18-33-23-6-4-5-21(15-23)17-28(34(31,32)24-7-2-1-3-8-24)16-20-9-11-22(12-10-20)27-14-13-26-19-27;/h1-15,19H,16-18H2,(H,29,30);1H. The van der Waals surface area contributed by atoms with Crippen LogP contribution >= 0.6 is 12.4 Å². The minimum Gasteiger partial charge on any atom is -0.482 e. The number of carboxylic acids is 1. The van der Waals surface area contributed by atoms with Gasteiger partial charge >= 0.3 is 5.97 Å². The second-order valence-corrected chi connectivity index (χ2v) is 9.49. The summed E-state index contributed by atoms with van der Waals surface area (Å²) in [5.41, 5.74) is 2.42. The number of sulfonamides is 1. The number of hydrogen-bond donors (Lipinski definition) is 1. The normalized spacial score (nSPS) is 11.1. The van der Waals surface area contributed by atoms with Crippen molar-refractivity contribution in [3.63, 3.8) is 0 Å². The number of halogens is 1. The molecular formula is C25H24ClN3O5S. The van der Waals surface area contributed by atoms with Crippen LogP contribution in [0.1, 0.15) is 11.1 Å². The van der Waals surface area contributed by atoms with Crippen molar-refractivity contribution < 1.29 is 23.1 Å². The smallest absolute Gasteiger partial charge is 0.341 e. The van der Waals surface area contributed by atoms with Crippen LogP contribution in [-0.4, -0.2) is 40.0 Å². The molecule has 4 rings (SSSR count). The van der Waals surface area contributed by atoms with E-state index in [0.29, 0.717) is 11.3 Å². The zero-order chi connectivity index (χ0) is 24.0. The number of hydrogen-bond acceptors (Lipinski definition) is 5. The Balaban J connectivity index is 0.00000342. The van der Waals surface area contributed by atoms with E-state index >= 15 is 0 Å². The Hall–Kier alpha value is -3.66. The van der Waals surface area contributed by atoms with Crippen LogP contribution in [-0.2, 0) is 27.9 Å². The number of aromatic nitrogens is 2. The molecule has 0 unspecified atom stereocenters. The second-order valence-electron chi connectivity index (χ2n) is 7.55. The molecule has 0 radical (unpaired) electrons. The van der Waals surface area contributed by atoms with Crippen LogP contribution in [0.25, 0.3) is 5.69 Å². The summed E-state index contributed by atoms with van der Waals surface area (Å²) in [6.07, 6.45) is 5.22. The maximum atomic E-state index is 13.5. The van der Waals surface area contributed by atoms with Crippen molar-refractivity contribution in [2.75, 3.05) is 6.61 Å². The molecule has 35 heavy (non-hydrogen) atoms. The highest BCUT2D eigenvalue weighted by molar-refractivity contribution is 7.89. The third kappa shape index (κ3) is 6.69. The minimum absolute atomic E-state index is 0. The topological polar surface area (TPSA) is 102 Å². The number of aliphatic carboxylic acids is 1. The largest absolute Gasteiger partial charge is 0.482 e. The maximum absolute atomic E-state index is 13.5. The molecule has 0 aliphatic rings. The van der Waals surface area contributed by atoms with Crippen molar-refractivity contribution in [2.45, 2.75) is 18.0 Å². The van der Waals surface area contributed by atoms with Crippen molar-refractivity contribution in [2.24, 2.45) is 0 Å². The molecule has 0 amide bonds. The molecule has 0 aliphatic carbocycles. The van der Waals surface area contributed by atoms with E-state index in [-0.39, 0.29) is 30.4 Å². The summed E-state index contributed by atoms with van der Waals surface area (Å²) >= 11 is 0. The molecule has 0 atom stereocenters. The lowest BCUT2D eigenvalue weighted by atomic mass is 10.2. The van der Waals surface area contributed by atoms with Gasteiger partial charge in [-0.15, -0.1) is 12.4 Å². The molecule has 10 heteroatoms. The van der Waals surface area contributed by atoms with Crippen molar-refractivity contribution in [1.82, 2.24) is 13.9 Å². The summed E-state index contributed by atoms with van der Waals surface area (Å²) in [6, 6.07) is 22.6. The highest BCUT2D eigenvalue weighted by Crippen LogP contribution is 2.23. The van der Waals surface area contributed by atoms with E-state index in [1.807, 2.05) is 35.0 Å². The van der Waals surface area contributed by atoms with Crippen LogP contribution in [0, 0.1) is 0 Å². The van der Waals surface area contributed by atoms with E-state index in [2.05, 4.69) is 4.98 Å². The number of nitrogens with zero attached hydrogens (tertiary/aromatic N) is 3. The van der Waals surface area contributed by atoms with Crippen LogP contribution in [0.2, 0.25) is 0 Å².